The van der Waals surface area contributed by atoms with E-state index in [0.29, 0.717) is 11.8 Å². The van der Waals surface area contributed by atoms with E-state index in [1.54, 1.807) is 6.08 Å². The molecule has 1 aliphatic rings. The van der Waals surface area contributed by atoms with Crippen LogP contribution in [0.2, 0.25) is 0 Å². The Balaban J connectivity index is 0.000000187. The Labute approximate surface area is 68.2 Å². The molecule has 0 radical (unpaired) electrons. The van der Waals surface area contributed by atoms with Crippen LogP contribution in [-0.4, -0.2) is 5.97 Å². The van der Waals surface area contributed by atoms with Gasteiger partial charge in [0, 0.05) is 0 Å². The average Bonchev–Trinajstić information content (AvgIpc) is 2.12. The molecule has 0 fully saturated rings. The summed E-state index contributed by atoms with van der Waals surface area (Å²) in [7, 11) is 0. The maximum Gasteiger partial charge on any atom is 0.314 e. The van der Waals surface area contributed by atoms with Gasteiger partial charge < -0.3 is 4.74 Å². The van der Waals surface area contributed by atoms with Gasteiger partial charge in [0.05, 0.1) is 12.7 Å². The van der Waals surface area contributed by atoms with Crippen molar-refractivity contribution in [3.63, 3.8) is 0 Å². The minimum atomic E-state index is -0.157. The molecule has 0 aromatic rings. The van der Waals surface area contributed by atoms with Gasteiger partial charge in [-0.1, -0.05) is 27.7 Å². The lowest BCUT2D eigenvalue weighted by Crippen LogP contribution is -1.93. The standard InChI is InChI=1S/C5H12.C4H4O2/c1-5(2,3)4;5-4-2-1-3-6-4/h1-4H3;1,3H,2H2. The van der Waals surface area contributed by atoms with Gasteiger partial charge in [0.2, 0.25) is 0 Å². The second kappa shape index (κ2) is 4.16. The molecule has 0 unspecified atom stereocenters. The zero-order valence-corrected chi connectivity index (χ0v) is 7.68. The van der Waals surface area contributed by atoms with E-state index < -0.39 is 0 Å². The van der Waals surface area contributed by atoms with Crippen molar-refractivity contribution in [1.82, 2.24) is 0 Å². The Morgan fingerprint density at radius 2 is 1.82 bits per heavy atom. The SMILES string of the molecule is CC(C)(C)C.O=C1CC=CO1. The lowest BCUT2D eigenvalue weighted by molar-refractivity contribution is -0.135. The van der Waals surface area contributed by atoms with Gasteiger partial charge in [0.15, 0.2) is 0 Å². The molecule has 1 rings (SSSR count). The molecule has 0 atom stereocenters. The van der Waals surface area contributed by atoms with Crippen LogP contribution in [0.1, 0.15) is 34.1 Å². The summed E-state index contributed by atoms with van der Waals surface area (Å²) in [4.78, 5) is 9.96. The van der Waals surface area contributed by atoms with Crippen molar-refractivity contribution in [2.24, 2.45) is 5.41 Å². The molecule has 0 aromatic heterocycles. The summed E-state index contributed by atoms with van der Waals surface area (Å²) in [5.74, 6) is -0.157. The van der Waals surface area contributed by atoms with Crippen LogP contribution in [0.5, 0.6) is 0 Å². The van der Waals surface area contributed by atoms with Gasteiger partial charge in [-0.05, 0) is 11.5 Å². The summed E-state index contributed by atoms with van der Waals surface area (Å²) in [6, 6.07) is 0. The molecule has 11 heavy (non-hydrogen) atoms. The van der Waals surface area contributed by atoms with Gasteiger partial charge in [0.1, 0.15) is 0 Å². The predicted molar refractivity (Wildman–Crippen MR) is 45.0 cm³/mol. The van der Waals surface area contributed by atoms with Crippen molar-refractivity contribution in [3.8, 4) is 0 Å². The summed E-state index contributed by atoms with van der Waals surface area (Å²) in [5.41, 5.74) is 0.500. The Bertz CT molecular complexity index is 135. The van der Waals surface area contributed by atoms with Crippen LogP contribution in [0.25, 0.3) is 0 Å². The van der Waals surface area contributed by atoms with E-state index in [9.17, 15) is 4.79 Å². The molecule has 1 heterocycles. The molecule has 0 saturated carbocycles. The summed E-state index contributed by atoms with van der Waals surface area (Å²) in [5, 5.41) is 0. The van der Waals surface area contributed by atoms with Crippen LogP contribution in [0.3, 0.4) is 0 Å². The number of esters is 1. The third-order valence-electron chi connectivity index (χ3n) is 0.580. The van der Waals surface area contributed by atoms with Crippen molar-refractivity contribution >= 4 is 5.97 Å². The van der Waals surface area contributed by atoms with Gasteiger partial charge in [-0.25, -0.2) is 0 Å². The second-order valence-corrected chi connectivity index (χ2v) is 4.07. The lowest BCUT2D eigenvalue weighted by atomic mass is 10.0. The van der Waals surface area contributed by atoms with E-state index in [4.69, 9.17) is 0 Å². The summed E-state index contributed by atoms with van der Waals surface area (Å²) < 4.78 is 4.33. The van der Waals surface area contributed by atoms with Crippen LogP contribution in [0, 0.1) is 5.41 Å². The van der Waals surface area contributed by atoms with E-state index >= 15 is 0 Å². The Morgan fingerprint density at radius 1 is 1.36 bits per heavy atom. The lowest BCUT2D eigenvalue weighted by Gasteiger charge is -2.05. The molecular weight excluding hydrogens is 140 g/mol. The normalized spacial score (nSPS) is 15.5. The molecule has 64 valence electrons. The first-order valence-electron chi connectivity index (χ1n) is 3.74. The molecular formula is C9H16O2. The highest BCUT2D eigenvalue weighted by atomic mass is 16.5. The fraction of sp³-hybridized carbons (Fsp3) is 0.667. The summed E-state index contributed by atoms with van der Waals surface area (Å²) in [6.45, 7) is 8.75. The molecule has 2 nitrogen and oxygen atoms in total. The molecule has 0 aliphatic carbocycles. The molecule has 2 heteroatoms. The minimum absolute atomic E-state index is 0.157. The minimum Gasteiger partial charge on any atom is -0.435 e. The topological polar surface area (TPSA) is 26.3 Å². The molecule has 0 N–H and O–H groups in total. The van der Waals surface area contributed by atoms with Crippen molar-refractivity contribution in [3.05, 3.63) is 12.3 Å². The van der Waals surface area contributed by atoms with E-state index in [0.717, 1.165) is 0 Å². The quantitative estimate of drug-likeness (QED) is 0.504. The van der Waals surface area contributed by atoms with Crippen LogP contribution in [0.15, 0.2) is 12.3 Å². The first kappa shape index (κ1) is 10.2. The maximum atomic E-state index is 9.96. The number of hydrogen-bond acceptors (Lipinski definition) is 2. The molecule has 0 bridgehead atoms. The fourth-order valence-corrected chi connectivity index (χ4v) is 0.316. The third kappa shape index (κ3) is 12.4. The van der Waals surface area contributed by atoms with Crippen molar-refractivity contribution in [2.45, 2.75) is 34.1 Å². The maximum absolute atomic E-state index is 9.96. The number of cyclic esters (lactones) is 1. The number of ether oxygens (including phenoxy) is 1. The van der Waals surface area contributed by atoms with E-state index in [1.165, 1.54) is 6.26 Å². The molecule has 1 aliphatic heterocycles. The zero-order valence-electron chi connectivity index (χ0n) is 7.68. The van der Waals surface area contributed by atoms with Gasteiger partial charge in [-0.3, -0.25) is 4.79 Å². The summed E-state index contributed by atoms with van der Waals surface area (Å²) in [6.07, 6.45) is 3.53. The Hall–Kier alpha value is -0.790. The van der Waals surface area contributed by atoms with Crippen LogP contribution in [-0.2, 0) is 9.53 Å². The fourth-order valence-electron chi connectivity index (χ4n) is 0.316. The Morgan fingerprint density at radius 3 is 1.91 bits per heavy atom. The van der Waals surface area contributed by atoms with Crippen LogP contribution in [0.4, 0.5) is 0 Å². The zero-order chi connectivity index (χ0) is 8.91. The van der Waals surface area contributed by atoms with Gasteiger partial charge in [-0.2, -0.15) is 0 Å². The average molecular weight is 156 g/mol. The highest BCUT2D eigenvalue weighted by Crippen LogP contribution is 2.08. The highest BCUT2D eigenvalue weighted by Gasteiger charge is 2.00. The third-order valence-corrected chi connectivity index (χ3v) is 0.580. The van der Waals surface area contributed by atoms with Crippen LogP contribution >= 0.6 is 0 Å². The number of hydrogen-bond donors (Lipinski definition) is 0. The van der Waals surface area contributed by atoms with Crippen LogP contribution < -0.4 is 0 Å². The van der Waals surface area contributed by atoms with E-state index in [2.05, 4.69) is 32.4 Å². The second-order valence-electron chi connectivity index (χ2n) is 4.07. The monoisotopic (exact) mass is 156 g/mol. The largest absolute Gasteiger partial charge is 0.435 e. The van der Waals surface area contributed by atoms with Gasteiger partial charge in [0.25, 0.3) is 0 Å². The molecule has 0 aromatic carbocycles. The highest BCUT2D eigenvalue weighted by molar-refractivity contribution is 5.73. The predicted octanol–water partition coefficient (Wildman–Crippen LogP) is 2.50. The van der Waals surface area contributed by atoms with E-state index in [1.807, 2.05) is 0 Å². The number of carbonyl (C=O) groups is 1. The number of carbonyl (C=O) groups excluding carboxylic acids is 1. The molecule has 0 spiro atoms. The van der Waals surface area contributed by atoms with Crippen molar-refractivity contribution in [1.29, 1.82) is 0 Å². The van der Waals surface area contributed by atoms with Gasteiger partial charge in [-0.15, -0.1) is 0 Å². The molecule has 0 saturated heterocycles. The van der Waals surface area contributed by atoms with Gasteiger partial charge >= 0.3 is 5.97 Å². The molecule has 0 amide bonds. The Kier molecular flexibility index (Phi) is 3.86. The van der Waals surface area contributed by atoms with E-state index in [-0.39, 0.29) is 5.97 Å². The number of rotatable bonds is 0. The first-order chi connectivity index (χ1) is 4.89. The first-order valence-corrected chi connectivity index (χ1v) is 3.74. The smallest absolute Gasteiger partial charge is 0.314 e. The van der Waals surface area contributed by atoms with Crippen molar-refractivity contribution in [2.75, 3.05) is 0 Å². The summed E-state index contributed by atoms with van der Waals surface area (Å²) >= 11 is 0. The van der Waals surface area contributed by atoms with Crippen molar-refractivity contribution < 1.29 is 9.53 Å².